The van der Waals surface area contributed by atoms with Crippen LogP contribution in [0.3, 0.4) is 0 Å². The molecular formula is C12H18ClN3O. The molecule has 1 saturated carbocycles. The Hall–Kier alpha value is -0.870. The van der Waals surface area contributed by atoms with Crippen molar-refractivity contribution in [2.24, 2.45) is 11.8 Å². The Morgan fingerprint density at radius 2 is 1.94 bits per heavy atom. The number of halogens is 1. The molecule has 0 radical (unpaired) electrons. The van der Waals surface area contributed by atoms with Gasteiger partial charge in [0.1, 0.15) is 0 Å². The van der Waals surface area contributed by atoms with E-state index < -0.39 is 0 Å². The molecule has 0 saturated heterocycles. The predicted molar refractivity (Wildman–Crippen MR) is 68.1 cm³/mol. The van der Waals surface area contributed by atoms with Crippen LogP contribution in [0.4, 0.5) is 5.82 Å². The van der Waals surface area contributed by atoms with Gasteiger partial charge in [0.25, 0.3) is 0 Å². The van der Waals surface area contributed by atoms with Crippen LogP contribution in [-0.2, 0) is 0 Å². The van der Waals surface area contributed by atoms with Crippen molar-refractivity contribution in [3.8, 4) is 0 Å². The molecule has 2 rings (SSSR count). The van der Waals surface area contributed by atoms with Gasteiger partial charge in [0, 0.05) is 25.5 Å². The molecule has 0 bridgehead atoms. The number of aliphatic hydroxyl groups excluding tert-OH is 1. The van der Waals surface area contributed by atoms with Gasteiger partial charge in [-0.1, -0.05) is 24.4 Å². The van der Waals surface area contributed by atoms with Gasteiger partial charge in [0.15, 0.2) is 11.0 Å². The zero-order valence-electron chi connectivity index (χ0n) is 9.77. The van der Waals surface area contributed by atoms with Crippen molar-refractivity contribution in [3.05, 3.63) is 17.5 Å². The molecule has 1 aliphatic rings. The van der Waals surface area contributed by atoms with Crippen molar-refractivity contribution in [1.29, 1.82) is 0 Å². The molecular weight excluding hydrogens is 238 g/mol. The maximum Gasteiger partial charge on any atom is 0.171 e. The van der Waals surface area contributed by atoms with Gasteiger partial charge < -0.3 is 10.4 Å². The van der Waals surface area contributed by atoms with Gasteiger partial charge in [0.05, 0.1) is 0 Å². The lowest BCUT2D eigenvalue weighted by atomic mass is 9.79. The van der Waals surface area contributed by atoms with Gasteiger partial charge >= 0.3 is 0 Å². The number of hydrogen-bond acceptors (Lipinski definition) is 4. The average molecular weight is 256 g/mol. The van der Waals surface area contributed by atoms with Crippen LogP contribution in [0.5, 0.6) is 0 Å². The summed E-state index contributed by atoms with van der Waals surface area (Å²) < 4.78 is 0. The largest absolute Gasteiger partial charge is 0.396 e. The van der Waals surface area contributed by atoms with Gasteiger partial charge in [-0.05, 0) is 24.7 Å². The highest BCUT2D eigenvalue weighted by Gasteiger charge is 2.24. The predicted octanol–water partition coefficient (Wildman–Crippen LogP) is 2.34. The van der Waals surface area contributed by atoms with Gasteiger partial charge in [-0.2, -0.15) is 0 Å². The fourth-order valence-corrected chi connectivity index (χ4v) is 2.63. The van der Waals surface area contributed by atoms with Crippen LogP contribution in [0, 0.1) is 11.8 Å². The van der Waals surface area contributed by atoms with Crippen LogP contribution >= 0.6 is 11.6 Å². The second-order valence-electron chi connectivity index (χ2n) is 4.56. The summed E-state index contributed by atoms with van der Waals surface area (Å²) in [5.74, 6) is 1.55. The van der Waals surface area contributed by atoms with Gasteiger partial charge in [0.2, 0.25) is 0 Å². The number of anilines is 1. The SMILES string of the molecule is OCC1CCCCC1CNc1nccnc1Cl. The molecule has 94 valence electrons. The van der Waals surface area contributed by atoms with E-state index in [1.807, 2.05) is 0 Å². The highest BCUT2D eigenvalue weighted by molar-refractivity contribution is 6.31. The monoisotopic (exact) mass is 255 g/mol. The smallest absolute Gasteiger partial charge is 0.171 e. The van der Waals surface area contributed by atoms with E-state index in [4.69, 9.17) is 11.6 Å². The number of hydrogen-bond donors (Lipinski definition) is 2. The first kappa shape index (κ1) is 12.6. The van der Waals surface area contributed by atoms with E-state index in [9.17, 15) is 5.11 Å². The summed E-state index contributed by atoms with van der Waals surface area (Å²) >= 11 is 5.93. The van der Waals surface area contributed by atoms with E-state index in [0.29, 0.717) is 22.8 Å². The first-order chi connectivity index (χ1) is 8.31. The number of nitrogens with zero attached hydrogens (tertiary/aromatic N) is 2. The maximum atomic E-state index is 9.33. The van der Waals surface area contributed by atoms with E-state index in [1.165, 1.54) is 12.8 Å². The van der Waals surface area contributed by atoms with Crippen molar-refractivity contribution < 1.29 is 5.11 Å². The Balaban J connectivity index is 1.90. The third-order valence-corrected chi connectivity index (χ3v) is 3.76. The molecule has 0 aromatic carbocycles. The van der Waals surface area contributed by atoms with Crippen LogP contribution in [0.25, 0.3) is 0 Å². The van der Waals surface area contributed by atoms with Crippen molar-refractivity contribution >= 4 is 17.4 Å². The van der Waals surface area contributed by atoms with Gasteiger partial charge in [-0.3, -0.25) is 0 Å². The Morgan fingerprint density at radius 1 is 1.24 bits per heavy atom. The zero-order valence-corrected chi connectivity index (χ0v) is 10.5. The standard InChI is InChI=1S/C12H18ClN3O/c13-11-12(15-6-5-14-11)16-7-9-3-1-2-4-10(9)8-17/h5-6,9-10,17H,1-4,7-8H2,(H,15,16). The molecule has 0 spiro atoms. The summed E-state index contributed by atoms with van der Waals surface area (Å²) in [4.78, 5) is 8.12. The molecule has 17 heavy (non-hydrogen) atoms. The number of aromatic nitrogens is 2. The third kappa shape index (κ3) is 3.30. The molecule has 1 aromatic heterocycles. The van der Waals surface area contributed by atoms with Gasteiger partial charge in [-0.25, -0.2) is 9.97 Å². The second kappa shape index (κ2) is 6.17. The minimum absolute atomic E-state index is 0.278. The topological polar surface area (TPSA) is 58.0 Å². The van der Waals surface area contributed by atoms with Crippen molar-refractivity contribution in [1.82, 2.24) is 9.97 Å². The van der Waals surface area contributed by atoms with Crippen LogP contribution in [0.15, 0.2) is 12.4 Å². The minimum Gasteiger partial charge on any atom is -0.396 e. The van der Waals surface area contributed by atoms with Crippen LogP contribution in [0.2, 0.25) is 5.15 Å². The maximum absolute atomic E-state index is 9.33. The summed E-state index contributed by atoms with van der Waals surface area (Å²) in [6, 6.07) is 0. The number of nitrogens with one attached hydrogen (secondary N) is 1. The first-order valence-corrected chi connectivity index (χ1v) is 6.50. The first-order valence-electron chi connectivity index (χ1n) is 6.12. The summed E-state index contributed by atoms with van der Waals surface area (Å²) in [5.41, 5.74) is 0. The van der Waals surface area contributed by atoms with E-state index in [0.717, 1.165) is 19.4 Å². The quantitative estimate of drug-likeness (QED) is 0.867. The summed E-state index contributed by atoms with van der Waals surface area (Å²) in [5, 5.41) is 13.0. The fraction of sp³-hybridized carbons (Fsp3) is 0.667. The lowest BCUT2D eigenvalue weighted by Gasteiger charge is -2.30. The van der Waals surface area contributed by atoms with E-state index in [-0.39, 0.29) is 6.61 Å². The highest BCUT2D eigenvalue weighted by Crippen LogP contribution is 2.30. The lowest BCUT2D eigenvalue weighted by molar-refractivity contribution is 0.141. The Bertz CT molecular complexity index is 361. The molecule has 0 aliphatic heterocycles. The third-order valence-electron chi connectivity index (χ3n) is 3.49. The van der Waals surface area contributed by atoms with E-state index in [1.54, 1.807) is 12.4 Å². The van der Waals surface area contributed by atoms with Crippen LogP contribution in [-0.4, -0.2) is 28.2 Å². The molecule has 0 amide bonds. The summed E-state index contributed by atoms with van der Waals surface area (Å²) in [6.45, 7) is 1.09. The Kier molecular flexibility index (Phi) is 4.57. The Labute approximate surface area is 106 Å². The van der Waals surface area contributed by atoms with E-state index >= 15 is 0 Å². The summed E-state index contributed by atoms with van der Waals surface area (Å²) in [7, 11) is 0. The lowest BCUT2D eigenvalue weighted by Crippen LogP contribution is -2.28. The van der Waals surface area contributed by atoms with Crippen LogP contribution in [0.1, 0.15) is 25.7 Å². The molecule has 2 N–H and O–H groups in total. The van der Waals surface area contributed by atoms with Crippen LogP contribution < -0.4 is 5.32 Å². The number of rotatable bonds is 4. The number of aliphatic hydroxyl groups is 1. The average Bonchev–Trinajstić information content (AvgIpc) is 2.38. The molecule has 2 atom stereocenters. The van der Waals surface area contributed by atoms with Crippen molar-refractivity contribution in [2.45, 2.75) is 25.7 Å². The molecule has 5 heteroatoms. The van der Waals surface area contributed by atoms with Crippen molar-refractivity contribution in [2.75, 3.05) is 18.5 Å². The molecule has 2 unspecified atom stereocenters. The van der Waals surface area contributed by atoms with E-state index in [2.05, 4.69) is 15.3 Å². The molecule has 1 fully saturated rings. The molecule has 1 aromatic rings. The normalized spacial score (nSPS) is 24.6. The zero-order chi connectivity index (χ0) is 12.1. The second-order valence-corrected chi connectivity index (χ2v) is 4.92. The van der Waals surface area contributed by atoms with Crippen molar-refractivity contribution in [3.63, 3.8) is 0 Å². The molecule has 1 heterocycles. The minimum atomic E-state index is 0.278. The fourth-order valence-electron chi connectivity index (χ4n) is 2.46. The molecule has 1 aliphatic carbocycles. The summed E-state index contributed by atoms with van der Waals surface area (Å²) in [6.07, 6.45) is 7.96. The highest BCUT2D eigenvalue weighted by atomic mass is 35.5. The Morgan fingerprint density at radius 3 is 2.65 bits per heavy atom. The molecule has 4 nitrogen and oxygen atoms in total. The van der Waals surface area contributed by atoms with Gasteiger partial charge in [-0.15, -0.1) is 0 Å².